The number of hydrogen-bond donors (Lipinski definition) is 3. The van der Waals surface area contributed by atoms with E-state index in [4.69, 9.17) is 5.73 Å². The summed E-state index contributed by atoms with van der Waals surface area (Å²) in [6.45, 7) is 1.53. The average molecular weight is 314 g/mol. The number of nitrogens with two attached hydrogens (primary N) is 1. The summed E-state index contributed by atoms with van der Waals surface area (Å²) in [7, 11) is 0. The van der Waals surface area contributed by atoms with E-state index in [1.54, 1.807) is 6.07 Å². The van der Waals surface area contributed by atoms with E-state index in [0.717, 1.165) is 24.3 Å². The Morgan fingerprint density at radius 1 is 1.22 bits per heavy atom. The molecule has 0 atom stereocenters. The van der Waals surface area contributed by atoms with Crippen molar-refractivity contribution in [1.29, 1.82) is 0 Å². The van der Waals surface area contributed by atoms with Gasteiger partial charge in [0.05, 0.1) is 17.6 Å². The normalized spacial score (nSPS) is 15.7. The fourth-order valence-corrected chi connectivity index (χ4v) is 3.42. The third kappa shape index (κ3) is 3.50. The van der Waals surface area contributed by atoms with Crippen LogP contribution in [0, 0.1) is 0 Å². The van der Waals surface area contributed by atoms with Crippen LogP contribution >= 0.6 is 0 Å². The Morgan fingerprint density at radius 2 is 2.00 bits per heavy atom. The third-order valence-electron chi connectivity index (χ3n) is 4.60. The van der Waals surface area contributed by atoms with Gasteiger partial charge in [0.1, 0.15) is 11.4 Å². The molecule has 4 N–H and O–H groups in total. The Balaban J connectivity index is 1.96. The van der Waals surface area contributed by atoms with Crippen molar-refractivity contribution in [3.05, 3.63) is 36.2 Å². The Labute approximate surface area is 137 Å². The zero-order valence-electron chi connectivity index (χ0n) is 13.5. The minimum absolute atomic E-state index is 0.265. The molecule has 1 aliphatic rings. The highest BCUT2D eigenvalue weighted by molar-refractivity contribution is 5.55. The molecule has 0 unspecified atom stereocenters. The number of anilines is 1. The number of benzene rings is 1. The van der Waals surface area contributed by atoms with Crippen LogP contribution in [0.5, 0.6) is 5.75 Å². The van der Waals surface area contributed by atoms with Gasteiger partial charge < -0.3 is 16.2 Å². The second-order valence-electron chi connectivity index (χ2n) is 6.25. The van der Waals surface area contributed by atoms with E-state index < -0.39 is 0 Å². The standard InChI is InChI=1S/C18H26N4O/c19-11-6-12-20-15-13-21-22(16-9-4-5-10-17(16)23)18(15)14-7-2-1-3-8-14/h4-5,9-10,13-14,20,23H,1-3,6-8,11-12,19H2. The van der Waals surface area contributed by atoms with Gasteiger partial charge in [-0.05, 0) is 37.9 Å². The number of nitrogens with zero attached hydrogens (tertiary/aromatic N) is 2. The minimum atomic E-state index is 0.265. The summed E-state index contributed by atoms with van der Waals surface area (Å²) >= 11 is 0. The van der Waals surface area contributed by atoms with Gasteiger partial charge >= 0.3 is 0 Å². The molecule has 124 valence electrons. The number of aromatic hydroxyl groups is 1. The number of rotatable bonds is 6. The first kappa shape index (κ1) is 15.9. The number of nitrogens with one attached hydrogen (secondary N) is 1. The number of hydrogen-bond acceptors (Lipinski definition) is 4. The SMILES string of the molecule is NCCCNc1cnn(-c2ccccc2O)c1C1CCCCC1. The molecule has 0 radical (unpaired) electrons. The van der Waals surface area contributed by atoms with E-state index in [9.17, 15) is 5.11 Å². The molecule has 1 aliphatic carbocycles. The van der Waals surface area contributed by atoms with Crippen LogP contribution < -0.4 is 11.1 Å². The van der Waals surface area contributed by atoms with Crippen molar-refractivity contribution in [2.24, 2.45) is 5.73 Å². The Hall–Kier alpha value is -2.01. The van der Waals surface area contributed by atoms with Crippen molar-refractivity contribution in [3.8, 4) is 11.4 Å². The van der Waals surface area contributed by atoms with Gasteiger partial charge in [0, 0.05) is 12.5 Å². The van der Waals surface area contributed by atoms with Crippen LogP contribution in [0.4, 0.5) is 5.69 Å². The molecular weight excluding hydrogens is 288 g/mol. The van der Waals surface area contributed by atoms with Crippen LogP contribution in [0.2, 0.25) is 0 Å². The van der Waals surface area contributed by atoms with E-state index in [2.05, 4.69) is 10.4 Å². The summed E-state index contributed by atoms with van der Waals surface area (Å²) in [4.78, 5) is 0. The largest absolute Gasteiger partial charge is 0.506 e. The summed E-state index contributed by atoms with van der Waals surface area (Å²) < 4.78 is 1.91. The second kappa shape index (κ2) is 7.51. The average Bonchev–Trinajstić information content (AvgIpc) is 3.00. The smallest absolute Gasteiger partial charge is 0.141 e. The van der Waals surface area contributed by atoms with Crippen molar-refractivity contribution in [2.75, 3.05) is 18.4 Å². The highest BCUT2D eigenvalue weighted by atomic mass is 16.3. The van der Waals surface area contributed by atoms with Gasteiger partial charge in [0.2, 0.25) is 0 Å². The number of para-hydroxylation sites is 2. The minimum Gasteiger partial charge on any atom is -0.506 e. The predicted molar refractivity (Wildman–Crippen MR) is 93.2 cm³/mol. The van der Waals surface area contributed by atoms with Crippen molar-refractivity contribution in [2.45, 2.75) is 44.4 Å². The zero-order valence-corrected chi connectivity index (χ0v) is 13.5. The monoisotopic (exact) mass is 314 g/mol. The summed E-state index contributed by atoms with van der Waals surface area (Å²) in [5.41, 5.74) is 8.62. The second-order valence-corrected chi connectivity index (χ2v) is 6.25. The predicted octanol–water partition coefficient (Wildman–Crippen LogP) is 3.39. The van der Waals surface area contributed by atoms with Gasteiger partial charge in [-0.25, -0.2) is 4.68 Å². The Bertz CT molecular complexity index is 632. The lowest BCUT2D eigenvalue weighted by atomic mass is 9.86. The Kier molecular flexibility index (Phi) is 5.18. The van der Waals surface area contributed by atoms with Crippen LogP contribution in [0.1, 0.15) is 50.1 Å². The number of phenols is 1. The lowest BCUT2D eigenvalue weighted by molar-refractivity contribution is 0.427. The van der Waals surface area contributed by atoms with Crippen molar-refractivity contribution in [3.63, 3.8) is 0 Å². The molecule has 0 amide bonds. The molecular formula is C18H26N4O. The van der Waals surface area contributed by atoms with Gasteiger partial charge in [-0.2, -0.15) is 5.10 Å². The third-order valence-corrected chi connectivity index (χ3v) is 4.60. The molecule has 23 heavy (non-hydrogen) atoms. The highest BCUT2D eigenvalue weighted by Gasteiger charge is 2.24. The molecule has 1 heterocycles. The number of aromatic nitrogens is 2. The molecule has 0 aliphatic heterocycles. The van der Waals surface area contributed by atoms with E-state index >= 15 is 0 Å². The van der Waals surface area contributed by atoms with Gasteiger partial charge in [-0.3, -0.25) is 0 Å². The van der Waals surface area contributed by atoms with Gasteiger partial charge in [-0.15, -0.1) is 0 Å². The van der Waals surface area contributed by atoms with Crippen LogP contribution in [0.25, 0.3) is 5.69 Å². The van der Waals surface area contributed by atoms with Gasteiger partial charge in [0.25, 0.3) is 0 Å². The summed E-state index contributed by atoms with van der Waals surface area (Å²) in [6, 6.07) is 7.40. The van der Waals surface area contributed by atoms with E-state index in [1.165, 1.54) is 37.8 Å². The van der Waals surface area contributed by atoms with Crippen molar-refractivity contribution in [1.82, 2.24) is 9.78 Å². The van der Waals surface area contributed by atoms with Crippen LogP contribution in [0.3, 0.4) is 0 Å². The molecule has 1 fully saturated rings. The molecule has 2 aromatic rings. The molecule has 3 rings (SSSR count). The molecule has 5 heteroatoms. The van der Waals surface area contributed by atoms with Crippen LogP contribution in [-0.2, 0) is 0 Å². The maximum absolute atomic E-state index is 10.2. The fourth-order valence-electron chi connectivity index (χ4n) is 3.42. The van der Waals surface area contributed by atoms with Crippen molar-refractivity contribution >= 4 is 5.69 Å². The first-order valence-corrected chi connectivity index (χ1v) is 8.61. The Morgan fingerprint density at radius 3 is 2.74 bits per heavy atom. The van der Waals surface area contributed by atoms with Crippen molar-refractivity contribution < 1.29 is 5.11 Å². The summed E-state index contributed by atoms with van der Waals surface area (Å²) in [5.74, 6) is 0.757. The lowest BCUT2D eigenvalue weighted by Crippen LogP contribution is -2.14. The molecule has 1 saturated carbocycles. The molecule has 0 saturated heterocycles. The summed E-state index contributed by atoms with van der Waals surface area (Å²) in [6.07, 6.45) is 9.03. The van der Waals surface area contributed by atoms with E-state index in [0.29, 0.717) is 12.5 Å². The first-order valence-electron chi connectivity index (χ1n) is 8.61. The number of phenolic OH excluding ortho intramolecular Hbond substituents is 1. The zero-order chi connectivity index (χ0) is 16.1. The molecule has 1 aromatic carbocycles. The van der Waals surface area contributed by atoms with Crippen LogP contribution in [0.15, 0.2) is 30.5 Å². The highest BCUT2D eigenvalue weighted by Crippen LogP contribution is 2.38. The maximum atomic E-state index is 10.2. The maximum Gasteiger partial charge on any atom is 0.141 e. The van der Waals surface area contributed by atoms with Gasteiger partial charge in [0.15, 0.2) is 0 Å². The fraction of sp³-hybridized carbons (Fsp3) is 0.500. The molecule has 1 aromatic heterocycles. The van der Waals surface area contributed by atoms with Gasteiger partial charge in [-0.1, -0.05) is 31.4 Å². The molecule has 0 spiro atoms. The molecule has 5 nitrogen and oxygen atoms in total. The quantitative estimate of drug-likeness (QED) is 0.714. The summed E-state index contributed by atoms with van der Waals surface area (Å²) in [5, 5.41) is 18.3. The lowest BCUT2D eigenvalue weighted by Gasteiger charge is -2.24. The topological polar surface area (TPSA) is 76.1 Å². The van der Waals surface area contributed by atoms with E-state index in [-0.39, 0.29) is 5.75 Å². The van der Waals surface area contributed by atoms with Crippen LogP contribution in [-0.4, -0.2) is 28.0 Å². The first-order chi connectivity index (χ1) is 11.3. The van der Waals surface area contributed by atoms with E-state index in [1.807, 2.05) is 29.1 Å². The molecule has 0 bridgehead atoms.